The molecule has 2 N–H and O–H groups in total. The number of nitrogens with one attached hydrogen (secondary N) is 2. The van der Waals surface area contributed by atoms with Crippen LogP contribution >= 0.6 is 11.8 Å². The second-order valence-corrected chi connectivity index (χ2v) is 6.61. The van der Waals surface area contributed by atoms with Crippen LogP contribution in [0, 0.1) is 5.41 Å². The highest BCUT2D eigenvalue weighted by Gasteiger charge is 2.38. The van der Waals surface area contributed by atoms with Gasteiger partial charge < -0.3 is 10.6 Å². The Balaban J connectivity index is 2.28. The number of piperidine rings is 1. The van der Waals surface area contributed by atoms with Crippen molar-refractivity contribution in [1.29, 1.82) is 0 Å². The lowest BCUT2D eigenvalue weighted by Crippen LogP contribution is -2.50. The van der Waals surface area contributed by atoms with E-state index in [0.717, 1.165) is 51.7 Å². The first-order valence-corrected chi connectivity index (χ1v) is 9.12. The zero-order valence-electron chi connectivity index (χ0n) is 12.6. The molecule has 1 aliphatic rings. The summed E-state index contributed by atoms with van der Waals surface area (Å²) < 4.78 is 0. The van der Waals surface area contributed by atoms with Crippen molar-refractivity contribution in [2.75, 3.05) is 31.6 Å². The minimum absolute atomic E-state index is 0.133. The Bertz CT molecular complexity index is 247. The van der Waals surface area contributed by atoms with Gasteiger partial charge in [0.1, 0.15) is 0 Å². The van der Waals surface area contributed by atoms with Gasteiger partial charge in [-0.1, -0.05) is 19.8 Å². The minimum atomic E-state index is -0.133. The third-order valence-electron chi connectivity index (χ3n) is 3.99. The first kappa shape index (κ1) is 16.8. The number of carbonyl (C=O) groups is 1. The molecule has 4 heteroatoms. The van der Waals surface area contributed by atoms with Gasteiger partial charge in [-0.25, -0.2) is 0 Å². The molecule has 0 aliphatic carbocycles. The molecule has 0 aromatic heterocycles. The highest BCUT2D eigenvalue weighted by atomic mass is 32.2. The quantitative estimate of drug-likeness (QED) is 0.640. The summed E-state index contributed by atoms with van der Waals surface area (Å²) in [5.74, 6) is 1.52. The van der Waals surface area contributed by atoms with E-state index >= 15 is 0 Å². The number of thioether (sulfide) groups is 1. The lowest BCUT2D eigenvalue weighted by molar-refractivity contribution is -0.132. The summed E-state index contributed by atoms with van der Waals surface area (Å²) in [5.41, 5.74) is -0.133. The first-order valence-electron chi connectivity index (χ1n) is 7.73. The van der Waals surface area contributed by atoms with E-state index in [0.29, 0.717) is 0 Å². The summed E-state index contributed by atoms with van der Waals surface area (Å²) in [5, 5.41) is 6.57. The zero-order chi connectivity index (χ0) is 14.0. The Labute approximate surface area is 122 Å². The van der Waals surface area contributed by atoms with E-state index in [1.165, 1.54) is 18.6 Å². The number of hydrogen-bond acceptors (Lipinski definition) is 3. The van der Waals surface area contributed by atoms with Crippen molar-refractivity contribution in [3.63, 3.8) is 0 Å². The number of amides is 1. The molecule has 1 unspecified atom stereocenters. The van der Waals surface area contributed by atoms with Crippen LogP contribution in [0.4, 0.5) is 0 Å². The Morgan fingerprint density at radius 1 is 1.37 bits per heavy atom. The van der Waals surface area contributed by atoms with Gasteiger partial charge in [0.2, 0.25) is 5.91 Å². The van der Waals surface area contributed by atoms with Crippen molar-refractivity contribution in [1.82, 2.24) is 10.6 Å². The fourth-order valence-corrected chi connectivity index (χ4v) is 3.40. The van der Waals surface area contributed by atoms with Crippen molar-refractivity contribution in [2.45, 2.75) is 51.9 Å². The minimum Gasteiger partial charge on any atom is -0.356 e. The van der Waals surface area contributed by atoms with Crippen LogP contribution in [0.1, 0.15) is 51.9 Å². The van der Waals surface area contributed by atoms with Gasteiger partial charge in [0.25, 0.3) is 0 Å². The van der Waals surface area contributed by atoms with Crippen LogP contribution in [-0.4, -0.2) is 37.6 Å². The number of hydrogen-bond donors (Lipinski definition) is 2. The molecule has 3 nitrogen and oxygen atoms in total. The van der Waals surface area contributed by atoms with Crippen molar-refractivity contribution in [2.24, 2.45) is 5.41 Å². The van der Waals surface area contributed by atoms with Crippen LogP contribution in [0.3, 0.4) is 0 Å². The molecule has 1 saturated heterocycles. The molecule has 19 heavy (non-hydrogen) atoms. The maximum Gasteiger partial charge on any atom is 0.227 e. The summed E-state index contributed by atoms with van der Waals surface area (Å²) in [4.78, 5) is 12.4. The smallest absolute Gasteiger partial charge is 0.227 e. The average molecular weight is 286 g/mol. The molecule has 1 heterocycles. The van der Waals surface area contributed by atoms with Gasteiger partial charge in [-0.05, 0) is 50.7 Å². The van der Waals surface area contributed by atoms with E-state index in [9.17, 15) is 4.79 Å². The molecule has 0 spiro atoms. The molecule has 0 saturated carbocycles. The van der Waals surface area contributed by atoms with Crippen LogP contribution < -0.4 is 10.6 Å². The van der Waals surface area contributed by atoms with Crippen molar-refractivity contribution in [3.05, 3.63) is 0 Å². The molecule has 1 amide bonds. The lowest BCUT2D eigenvalue weighted by Gasteiger charge is -2.36. The third-order valence-corrected chi connectivity index (χ3v) is 4.69. The van der Waals surface area contributed by atoms with Crippen molar-refractivity contribution >= 4 is 17.7 Å². The normalized spacial score (nSPS) is 23.3. The molecule has 112 valence electrons. The van der Waals surface area contributed by atoms with E-state index in [1.807, 2.05) is 11.8 Å². The fraction of sp³-hybridized carbons (Fsp3) is 0.933. The van der Waals surface area contributed by atoms with E-state index in [2.05, 4.69) is 23.8 Å². The van der Waals surface area contributed by atoms with Crippen LogP contribution in [0.5, 0.6) is 0 Å². The molecule has 0 radical (unpaired) electrons. The van der Waals surface area contributed by atoms with Crippen molar-refractivity contribution in [3.8, 4) is 0 Å². The summed E-state index contributed by atoms with van der Waals surface area (Å²) in [7, 11) is 0. The molecular weight excluding hydrogens is 256 g/mol. The van der Waals surface area contributed by atoms with Gasteiger partial charge in [0.15, 0.2) is 0 Å². The van der Waals surface area contributed by atoms with Gasteiger partial charge in [0.05, 0.1) is 5.41 Å². The zero-order valence-corrected chi connectivity index (χ0v) is 13.4. The van der Waals surface area contributed by atoms with Gasteiger partial charge in [-0.15, -0.1) is 0 Å². The van der Waals surface area contributed by atoms with E-state index in [4.69, 9.17) is 0 Å². The largest absolute Gasteiger partial charge is 0.356 e. The fourth-order valence-electron chi connectivity index (χ4n) is 2.90. The number of unbranched alkanes of at least 4 members (excludes halogenated alkanes) is 2. The molecular formula is C15H30N2OS. The van der Waals surface area contributed by atoms with E-state index in [1.54, 1.807) is 0 Å². The monoisotopic (exact) mass is 286 g/mol. The second kappa shape index (κ2) is 9.65. The summed E-state index contributed by atoms with van der Waals surface area (Å²) in [6.45, 7) is 4.94. The van der Waals surface area contributed by atoms with E-state index < -0.39 is 0 Å². The molecule has 0 aromatic rings. The topological polar surface area (TPSA) is 41.1 Å². The van der Waals surface area contributed by atoms with Gasteiger partial charge in [-0.3, -0.25) is 4.79 Å². The van der Waals surface area contributed by atoms with Crippen LogP contribution in [0.2, 0.25) is 0 Å². The van der Waals surface area contributed by atoms with Gasteiger partial charge in [-0.2, -0.15) is 11.8 Å². The summed E-state index contributed by atoms with van der Waals surface area (Å²) in [6.07, 6.45) is 10.0. The molecule has 1 rings (SSSR count). The maximum atomic E-state index is 12.4. The highest BCUT2D eigenvalue weighted by Crippen LogP contribution is 2.31. The summed E-state index contributed by atoms with van der Waals surface area (Å²) >= 11 is 1.90. The number of rotatable bonds is 9. The van der Waals surface area contributed by atoms with Crippen LogP contribution in [-0.2, 0) is 4.79 Å². The highest BCUT2D eigenvalue weighted by molar-refractivity contribution is 7.98. The molecule has 0 aromatic carbocycles. The van der Waals surface area contributed by atoms with E-state index in [-0.39, 0.29) is 11.3 Å². The van der Waals surface area contributed by atoms with Crippen LogP contribution in [0.25, 0.3) is 0 Å². The number of carbonyl (C=O) groups excluding carboxylic acids is 1. The molecule has 1 atom stereocenters. The predicted molar refractivity (Wildman–Crippen MR) is 84.7 cm³/mol. The third kappa shape index (κ3) is 5.74. The predicted octanol–water partition coefficient (Wildman–Crippen LogP) is 2.81. The Hall–Kier alpha value is -0.220. The SMILES string of the molecule is CCCC1(C(=O)NCCCCCSC)CCCNC1. The van der Waals surface area contributed by atoms with Gasteiger partial charge >= 0.3 is 0 Å². The molecule has 1 aliphatic heterocycles. The average Bonchev–Trinajstić information content (AvgIpc) is 2.44. The molecule has 0 bridgehead atoms. The molecule has 1 fully saturated rings. The standard InChI is InChI=1S/C15H30N2OS/c1-3-8-15(9-7-10-16-13-15)14(18)17-11-5-4-6-12-19-2/h16H,3-13H2,1-2H3,(H,17,18). The van der Waals surface area contributed by atoms with Crippen molar-refractivity contribution < 1.29 is 4.79 Å². The second-order valence-electron chi connectivity index (χ2n) is 5.62. The van der Waals surface area contributed by atoms with Crippen LogP contribution in [0.15, 0.2) is 0 Å². The van der Waals surface area contributed by atoms with Gasteiger partial charge in [0, 0.05) is 13.1 Å². The Kier molecular flexibility index (Phi) is 8.55. The Morgan fingerprint density at radius 2 is 2.21 bits per heavy atom. The summed E-state index contributed by atoms with van der Waals surface area (Å²) in [6, 6.07) is 0. The Morgan fingerprint density at radius 3 is 2.84 bits per heavy atom. The lowest BCUT2D eigenvalue weighted by atomic mass is 9.76. The first-order chi connectivity index (χ1) is 9.25. The maximum absolute atomic E-state index is 12.4.